The standard InChI is InChI=1S/C22H30BF2N6O4S/c1-11-4-5-13-14(8-15(24)19(26)21(13)31(11)23-12(2)32)20-16(25)9-27-22(29-20)28-17-6-7-30(10-18(17)33)36(3,34)35/h8-9,11-12,17-18,32-33H,4-7,10,26H2,1-3H3,(H,27,28,29)/t11-,12-,17-,18-/m1/s1. The smallest absolute Gasteiger partial charge is 0.279 e. The Morgan fingerprint density at radius 1 is 1.31 bits per heavy atom. The van der Waals surface area contributed by atoms with Crippen molar-refractivity contribution in [2.24, 2.45) is 0 Å². The predicted octanol–water partition coefficient (Wildman–Crippen LogP) is 0.909. The summed E-state index contributed by atoms with van der Waals surface area (Å²) < 4.78 is 54.7. The fourth-order valence-electron chi connectivity index (χ4n) is 4.78. The summed E-state index contributed by atoms with van der Waals surface area (Å²) in [6.07, 6.45) is 2.47. The van der Waals surface area contributed by atoms with Crippen molar-refractivity contribution in [2.45, 2.75) is 57.3 Å². The second kappa shape index (κ2) is 10.1. The highest BCUT2D eigenvalue weighted by Crippen LogP contribution is 2.43. The number of nitrogen functional groups attached to an aromatic ring is 1. The number of nitrogens with zero attached hydrogens (tertiary/aromatic N) is 4. The molecule has 0 unspecified atom stereocenters. The van der Waals surface area contributed by atoms with Crippen molar-refractivity contribution in [3.63, 3.8) is 0 Å². The Morgan fingerprint density at radius 3 is 2.67 bits per heavy atom. The minimum atomic E-state index is -3.44. The molecule has 5 N–H and O–H groups in total. The van der Waals surface area contributed by atoms with Crippen molar-refractivity contribution in [1.82, 2.24) is 14.3 Å². The highest BCUT2D eigenvalue weighted by Gasteiger charge is 2.34. The number of benzene rings is 1. The lowest BCUT2D eigenvalue weighted by Crippen LogP contribution is -2.51. The van der Waals surface area contributed by atoms with Crippen LogP contribution in [0, 0.1) is 11.6 Å². The Labute approximate surface area is 209 Å². The van der Waals surface area contributed by atoms with Crippen LogP contribution in [0.25, 0.3) is 11.3 Å². The van der Waals surface area contributed by atoms with Crippen molar-refractivity contribution in [1.29, 1.82) is 0 Å². The zero-order valence-electron chi connectivity index (χ0n) is 20.3. The molecule has 0 spiro atoms. The summed E-state index contributed by atoms with van der Waals surface area (Å²) in [5, 5.41) is 23.4. The molecule has 2 aliphatic rings. The molecule has 4 rings (SSSR count). The van der Waals surface area contributed by atoms with Crippen LogP contribution in [0.5, 0.6) is 0 Å². The first kappa shape index (κ1) is 26.5. The molecule has 36 heavy (non-hydrogen) atoms. The second-order valence-corrected chi connectivity index (χ2v) is 11.4. The molecular weight excluding hydrogens is 493 g/mol. The first-order valence-electron chi connectivity index (χ1n) is 11.7. The molecule has 0 saturated carbocycles. The van der Waals surface area contributed by atoms with Crippen molar-refractivity contribution in [2.75, 3.05) is 35.2 Å². The summed E-state index contributed by atoms with van der Waals surface area (Å²) in [5.74, 6) is -1.48. The van der Waals surface area contributed by atoms with Crippen LogP contribution >= 0.6 is 0 Å². The fourth-order valence-corrected chi connectivity index (χ4v) is 5.64. The van der Waals surface area contributed by atoms with Crippen LogP contribution in [0.4, 0.5) is 26.1 Å². The fraction of sp³-hybridized carbons (Fsp3) is 0.545. The van der Waals surface area contributed by atoms with E-state index in [1.165, 1.54) is 4.31 Å². The van der Waals surface area contributed by atoms with Gasteiger partial charge in [-0.25, -0.2) is 27.2 Å². The molecule has 1 aromatic heterocycles. The Bertz CT molecular complexity index is 1250. The molecule has 2 aromatic rings. The Morgan fingerprint density at radius 2 is 2.03 bits per heavy atom. The van der Waals surface area contributed by atoms with Gasteiger partial charge in [-0.15, -0.1) is 0 Å². The highest BCUT2D eigenvalue weighted by molar-refractivity contribution is 7.88. The number of aromatic nitrogens is 2. The summed E-state index contributed by atoms with van der Waals surface area (Å²) >= 11 is 0. The van der Waals surface area contributed by atoms with Gasteiger partial charge in [-0.05, 0) is 44.7 Å². The van der Waals surface area contributed by atoms with Crippen LogP contribution in [0.2, 0.25) is 0 Å². The second-order valence-electron chi connectivity index (χ2n) is 9.45. The molecule has 3 heterocycles. The first-order chi connectivity index (χ1) is 16.9. The average molecular weight is 523 g/mol. The molecule has 10 nitrogen and oxygen atoms in total. The molecule has 1 fully saturated rings. The van der Waals surface area contributed by atoms with Gasteiger partial charge in [0.2, 0.25) is 16.0 Å². The zero-order valence-corrected chi connectivity index (χ0v) is 21.1. The number of piperidine rings is 1. The maximum atomic E-state index is 15.0. The number of aliphatic hydroxyl groups is 2. The molecule has 2 aliphatic heterocycles. The summed E-state index contributed by atoms with van der Waals surface area (Å²) in [4.78, 5) is 9.99. The lowest BCUT2D eigenvalue weighted by Gasteiger charge is -2.39. The van der Waals surface area contributed by atoms with Crippen molar-refractivity contribution < 1.29 is 27.4 Å². The number of fused-ring (bicyclic) bond motifs is 1. The van der Waals surface area contributed by atoms with Crippen LogP contribution in [0.3, 0.4) is 0 Å². The number of nitrogens with one attached hydrogen (secondary N) is 1. The first-order valence-corrected chi connectivity index (χ1v) is 13.6. The summed E-state index contributed by atoms with van der Waals surface area (Å²) in [7, 11) is -1.89. The minimum Gasteiger partial charge on any atom is -0.412 e. The SMILES string of the molecule is C[C@@H]1CCc2c(-c3nc(N[C@@H]4CCN(S(C)(=O)=O)C[C@H]4O)ncc3F)cc(F)c(N)c2N1[B][C@@H](C)O. The number of aliphatic hydroxyl groups excluding tert-OH is 2. The number of hydrogen-bond acceptors (Lipinski definition) is 9. The lowest BCUT2D eigenvalue weighted by atomic mass is 9.77. The predicted molar refractivity (Wildman–Crippen MR) is 134 cm³/mol. The number of nitrogens with two attached hydrogens (primary N) is 1. The summed E-state index contributed by atoms with van der Waals surface area (Å²) in [5.41, 5.74) is 7.08. The molecule has 14 heteroatoms. The van der Waals surface area contributed by atoms with E-state index in [0.717, 1.165) is 18.5 Å². The van der Waals surface area contributed by atoms with Crippen LogP contribution < -0.4 is 15.9 Å². The summed E-state index contributed by atoms with van der Waals surface area (Å²) in [6.45, 7) is 3.62. The van der Waals surface area contributed by atoms with E-state index in [0.29, 0.717) is 24.1 Å². The van der Waals surface area contributed by atoms with E-state index in [4.69, 9.17) is 5.73 Å². The van der Waals surface area contributed by atoms with Gasteiger partial charge in [-0.3, -0.25) is 0 Å². The van der Waals surface area contributed by atoms with E-state index in [1.807, 2.05) is 6.92 Å². The molecule has 0 bridgehead atoms. The van der Waals surface area contributed by atoms with E-state index >= 15 is 0 Å². The number of β-amino-alcohol motifs (C(OH)–C–C–N with tert-alkyl or cyclic N) is 1. The third-order valence-electron chi connectivity index (χ3n) is 6.64. The van der Waals surface area contributed by atoms with Crippen LogP contribution in [0.1, 0.15) is 32.3 Å². The van der Waals surface area contributed by atoms with Gasteiger partial charge in [0.05, 0.1) is 36.0 Å². The van der Waals surface area contributed by atoms with Gasteiger partial charge in [0.1, 0.15) is 11.5 Å². The lowest BCUT2D eigenvalue weighted by molar-refractivity contribution is 0.0950. The quantitative estimate of drug-likeness (QED) is 0.321. The molecule has 4 atom stereocenters. The third-order valence-corrected chi connectivity index (χ3v) is 7.91. The van der Waals surface area contributed by atoms with Gasteiger partial charge in [0.15, 0.2) is 5.82 Å². The molecular formula is C22H30BF2N6O4S. The largest absolute Gasteiger partial charge is 0.412 e. The van der Waals surface area contributed by atoms with Gasteiger partial charge in [0.25, 0.3) is 7.41 Å². The van der Waals surface area contributed by atoms with Crippen molar-refractivity contribution >= 4 is 34.8 Å². The number of sulfonamides is 1. The zero-order chi connectivity index (χ0) is 26.4. The van der Waals surface area contributed by atoms with E-state index in [9.17, 15) is 27.4 Å². The number of hydrogen-bond donors (Lipinski definition) is 4. The maximum Gasteiger partial charge on any atom is 0.279 e. The maximum absolute atomic E-state index is 15.0. The number of rotatable bonds is 6. The summed E-state index contributed by atoms with van der Waals surface area (Å²) in [6, 6.07) is -0.276. The molecule has 1 radical (unpaired) electrons. The highest BCUT2D eigenvalue weighted by atomic mass is 32.2. The average Bonchev–Trinajstić information content (AvgIpc) is 2.79. The Kier molecular flexibility index (Phi) is 7.42. The van der Waals surface area contributed by atoms with E-state index in [1.54, 1.807) is 19.1 Å². The number of anilines is 3. The normalized spacial score (nSPS) is 23.8. The molecule has 0 amide bonds. The van der Waals surface area contributed by atoms with Crippen LogP contribution in [-0.4, -0.2) is 83.9 Å². The minimum absolute atomic E-state index is 0.0193. The van der Waals surface area contributed by atoms with Gasteiger partial charge in [-0.2, -0.15) is 4.31 Å². The van der Waals surface area contributed by atoms with Crippen molar-refractivity contribution in [3.8, 4) is 11.3 Å². The van der Waals surface area contributed by atoms with Gasteiger partial charge in [0, 0.05) is 30.7 Å². The Hall–Kier alpha value is -2.55. The van der Waals surface area contributed by atoms with E-state index in [2.05, 4.69) is 15.3 Å². The Balaban J connectivity index is 1.69. The number of halogens is 2. The molecule has 195 valence electrons. The van der Waals surface area contributed by atoms with Crippen LogP contribution in [-0.2, 0) is 16.4 Å². The van der Waals surface area contributed by atoms with Crippen LogP contribution in [0.15, 0.2) is 12.3 Å². The van der Waals surface area contributed by atoms with E-state index < -0.39 is 39.8 Å². The molecule has 1 saturated heterocycles. The molecule has 0 aliphatic carbocycles. The van der Waals surface area contributed by atoms with Crippen molar-refractivity contribution in [3.05, 3.63) is 29.5 Å². The third kappa shape index (κ3) is 5.26. The topological polar surface area (TPSA) is 145 Å². The van der Waals surface area contributed by atoms with Gasteiger partial charge in [-0.1, -0.05) is 0 Å². The van der Waals surface area contributed by atoms with Gasteiger partial charge < -0.3 is 26.1 Å². The molecule has 1 aromatic carbocycles. The van der Waals surface area contributed by atoms with E-state index in [-0.39, 0.29) is 48.4 Å². The monoisotopic (exact) mass is 523 g/mol. The van der Waals surface area contributed by atoms with Gasteiger partial charge >= 0.3 is 0 Å².